The first-order chi connectivity index (χ1) is 5.57. The number of hydrogen-bond donors (Lipinski definition) is 4. The Morgan fingerprint density at radius 3 is 2.25 bits per heavy atom. The highest BCUT2D eigenvalue weighted by molar-refractivity contribution is 5.73. The van der Waals surface area contributed by atoms with Crippen LogP contribution < -0.4 is 5.73 Å². The van der Waals surface area contributed by atoms with Crippen LogP contribution in [0.5, 0.6) is 0 Å². The van der Waals surface area contributed by atoms with Gasteiger partial charge in [-0.15, -0.1) is 0 Å². The van der Waals surface area contributed by atoms with E-state index in [1.165, 1.54) is 0 Å². The summed E-state index contributed by atoms with van der Waals surface area (Å²) in [4.78, 5) is 10.4. The SMILES string of the molecule is NC[C@H]1O[C@@H](C(=O)O)[C@@H](O)[C@@H]1O. The molecule has 1 rings (SSSR count). The lowest BCUT2D eigenvalue weighted by molar-refractivity contribution is -0.153. The predicted octanol–water partition coefficient (Wildman–Crippen LogP) is -2.48. The molecule has 0 aromatic rings. The lowest BCUT2D eigenvalue weighted by atomic mass is 10.1. The summed E-state index contributed by atoms with van der Waals surface area (Å²) in [5, 5.41) is 26.8. The van der Waals surface area contributed by atoms with Gasteiger partial charge in [0.05, 0.1) is 6.10 Å². The van der Waals surface area contributed by atoms with Crippen LogP contribution in [0.2, 0.25) is 0 Å². The Hall–Kier alpha value is -0.690. The van der Waals surface area contributed by atoms with Gasteiger partial charge in [0, 0.05) is 6.54 Å². The summed E-state index contributed by atoms with van der Waals surface area (Å²) >= 11 is 0. The van der Waals surface area contributed by atoms with E-state index in [4.69, 9.17) is 25.8 Å². The molecule has 1 fully saturated rings. The largest absolute Gasteiger partial charge is 0.479 e. The number of aliphatic hydroxyl groups is 2. The summed E-state index contributed by atoms with van der Waals surface area (Å²) in [7, 11) is 0. The molecule has 6 heteroatoms. The van der Waals surface area contributed by atoms with E-state index < -0.39 is 30.4 Å². The third kappa shape index (κ3) is 1.42. The van der Waals surface area contributed by atoms with E-state index in [1.807, 2.05) is 0 Å². The van der Waals surface area contributed by atoms with E-state index >= 15 is 0 Å². The minimum atomic E-state index is -1.39. The number of carboxylic acid groups (broad SMARTS) is 1. The zero-order valence-electron chi connectivity index (χ0n) is 6.25. The maximum absolute atomic E-state index is 10.4. The Labute approximate surface area is 68.6 Å². The molecule has 0 bridgehead atoms. The fourth-order valence-corrected chi connectivity index (χ4v) is 1.15. The molecule has 1 saturated heterocycles. The third-order valence-electron chi connectivity index (χ3n) is 1.84. The summed E-state index contributed by atoms with van der Waals surface area (Å²) < 4.78 is 4.77. The first kappa shape index (κ1) is 9.40. The van der Waals surface area contributed by atoms with Crippen LogP contribution in [0.4, 0.5) is 0 Å². The Bertz CT molecular complexity index is 185. The number of nitrogens with two attached hydrogens (primary N) is 1. The van der Waals surface area contributed by atoms with Gasteiger partial charge in [-0.1, -0.05) is 0 Å². The second-order valence-corrected chi connectivity index (χ2v) is 2.65. The van der Waals surface area contributed by atoms with Crippen LogP contribution in [0, 0.1) is 0 Å². The summed E-state index contributed by atoms with van der Waals surface area (Å²) in [6.45, 7) is -0.0119. The zero-order valence-corrected chi connectivity index (χ0v) is 6.25. The predicted molar refractivity (Wildman–Crippen MR) is 37.4 cm³/mol. The molecular formula is C6H11NO5. The highest BCUT2D eigenvalue weighted by atomic mass is 16.6. The average molecular weight is 177 g/mol. The molecule has 0 spiro atoms. The second kappa shape index (κ2) is 3.36. The molecule has 6 nitrogen and oxygen atoms in total. The number of carbonyl (C=O) groups is 1. The number of ether oxygens (including phenoxy) is 1. The van der Waals surface area contributed by atoms with Crippen LogP contribution in [-0.2, 0) is 9.53 Å². The Balaban J connectivity index is 2.66. The van der Waals surface area contributed by atoms with Crippen molar-refractivity contribution in [3.8, 4) is 0 Å². The molecular weight excluding hydrogens is 166 g/mol. The molecule has 12 heavy (non-hydrogen) atoms. The molecule has 0 aliphatic carbocycles. The van der Waals surface area contributed by atoms with Crippen LogP contribution in [0.25, 0.3) is 0 Å². The van der Waals surface area contributed by atoms with Crippen molar-refractivity contribution >= 4 is 5.97 Å². The van der Waals surface area contributed by atoms with Crippen molar-refractivity contribution in [1.29, 1.82) is 0 Å². The van der Waals surface area contributed by atoms with Crippen LogP contribution in [0.15, 0.2) is 0 Å². The number of aliphatic hydroxyl groups excluding tert-OH is 2. The number of carboxylic acids is 1. The van der Waals surface area contributed by atoms with Crippen molar-refractivity contribution in [2.75, 3.05) is 6.54 Å². The zero-order chi connectivity index (χ0) is 9.30. The van der Waals surface area contributed by atoms with Crippen molar-refractivity contribution in [2.45, 2.75) is 24.4 Å². The van der Waals surface area contributed by atoms with Gasteiger partial charge in [0.2, 0.25) is 0 Å². The van der Waals surface area contributed by atoms with Gasteiger partial charge in [0.1, 0.15) is 12.2 Å². The molecule has 1 heterocycles. The quantitative estimate of drug-likeness (QED) is 0.371. The van der Waals surface area contributed by atoms with Gasteiger partial charge in [-0.3, -0.25) is 0 Å². The molecule has 1 aliphatic rings. The minimum absolute atomic E-state index is 0.0119. The minimum Gasteiger partial charge on any atom is -0.479 e. The first-order valence-corrected chi connectivity index (χ1v) is 3.52. The fourth-order valence-electron chi connectivity index (χ4n) is 1.15. The van der Waals surface area contributed by atoms with E-state index in [0.29, 0.717) is 0 Å². The maximum Gasteiger partial charge on any atom is 0.335 e. The van der Waals surface area contributed by atoms with Gasteiger partial charge in [0.15, 0.2) is 6.10 Å². The van der Waals surface area contributed by atoms with Crippen molar-refractivity contribution in [1.82, 2.24) is 0 Å². The fraction of sp³-hybridized carbons (Fsp3) is 0.833. The van der Waals surface area contributed by atoms with Gasteiger partial charge in [-0.05, 0) is 0 Å². The smallest absolute Gasteiger partial charge is 0.335 e. The van der Waals surface area contributed by atoms with E-state index in [-0.39, 0.29) is 6.54 Å². The highest BCUT2D eigenvalue weighted by Gasteiger charge is 2.45. The molecule has 4 atom stereocenters. The van der Waals surface area contributed by atoms with E-state index in [9.17, 15) is 4.79 Å². The molecule has 0 unspecified atom stereocenters. The van der Waals surface area contributed by atoms with Crippen LogP contribution >= 0.6 is 0 Å². The molecule has 0 aromatic heterocycles. The van der Waals surface area contributed by atoms with Crippen LogP contribution in [-0.4, -0.2) is 52.2 Å². The van der Waals surface area contributed by atoms with E-state index in [0.717, 1.165) is 0 Å². The second-order valence-electron chi connectivity index (χ2n) is 2.65. The van der Waals surface area contributed by atoms with E-state index in [1.54, 1.807) is 0 Å². The molecule has 0 aromatic carbocycles. The Kier molecular flexibility index (Phi) is 2.63. The van der Waals surface area contributed by atoms with Crippen molar-refractivity contribution < 1.29 is 24.9 Å². The van der Waals surface area contributed by atoms with Gasteiger partial charge in [-0.2, -0.15) is 0 Å². The highest BCUT2D eigenvalue weighted by Crippen LogP contribution is 2.20. The van der Waals surface area contributed by atoms with Gasteiger partial charge < -0.3 is 25.8 Å². The number of rotatable bonds is 2. The van der Waals surface area contributed by atoms with Gasteiger partial charge >= 0.3 is 5.97 Å². The molecule has 5 N–H and O–H groups in total. The third-order valence-corrected chi connectivity index (χ3v) is 1.84. The monoisotopic (exact) mass is 177 g/mol. The number of aliphatic carboxylic acids is 1. The summed E-state index contributed by atoms with van der Waals surface area (Å²) in [6, 6.07) is 0. The maximum atomic E-state index is 10.4. The van der Waals surface area contributed by atoms with Crippen LogP contribution in [0.3, 0.4) is 0 Å². The average Bonchev–Trinajstić information content (AvgIpc) is 2.30. The lowest BCUT2D eigenvalue weighted by Gasteiger charge is -2.10. The molecule has 70 valence electrons. The standard InChI is InChI=1S/C6H11NO5/c7-1-2-3(8)4(9)5(12-2)6(10)11/h2-5,8-9H,1,7H2,(H,10,11)/t2-,3-,4+,5-/m1/s1. The normalized spacial score (nSPS) is 41.6. The Morgan fingerprint density at radius 2 is 2.00 bits per heavy atom. The topological polar surface area (TPSA) is 113 Å². The van der Waals surface area contributed by atoms with Crippen molar-refractivity contribution in [3.05, 3.63) is 0 Å². The molecule has 0 saturated carbocycles. The molecule has 0 radical (unpaired) electrons. The summed E-state index contributed by atoms with van der Waals surface area (Å²) in [6.07, 6.45) is -4.76. The van der Waals surface area contributed by atoms with Gasteiger partial charge in [-0.25, -0.2) is 4.79 Å². The van der Waals surface area contributed by atoms with Crippen molar-refractivity contribution in [3.63, 3.8) is 0 Å². The van der Waals surface area contributed by atoms with Gasteiger partial charge in [0.25, 0.3) is 0 Å². The summed E-state index contributed by atoms with van der Waals surface area (Å²) in [5.74, 6) is -1.29. The number of hydrogen-bond acceptors (Lipinski definition) is 5. The Morgan fingerprint density at radius 1 is 1.42 bits per heavy atom. The van der Waals surface area contributed by atoms with Crippen molar-refractivity contribution in [2.24, 2.45) is 5.73 Å². The van der Waals surface area contributed by atoms with Crippen LogP contribution in [0.1, 0.15) is 0 Å². The molecule has 1 aliphatic heterocycles. The first-order valence-electron chi connectivity index (χ1n) is 3.52. The summed E-state index contributed by atoms with van der Waals surface area (Å²) in [5.41, 5.74) is 5.16. The molecule has 0 amide bonds. The lowest BCUT2D eigenvalue weighted by Crippen LogP contribution is -2.37. The van der Waals surface area contributed by atoms with E-state index in [2.05, 4.69) is 0 Å².